The highest BCUT2D eigenvalue weighted by molar-refractivity contribution is 7.84. The van der Waals surface area contributed by atoms with Gasteiger partial charge in [0.1, 0.15) is 0 Å². The number of hydrogen-bond acceptors (Lipinski definition) is 4. The maximum Gasteiger partial charge on any atom is 0.0779 e. The molecule has 0 saturated heterocycles. The van der Waals surface area contributed by atoms with Crippen LogP contribution in [-0.4, -0.2) is 54.2 Å². The van der Waals surface area contributed by atoms with Crippen LogP contribution in [0.2, 0.25) is 0 Å². The average Bonchev–Trinajstić information content (AvgIpc) is 1.97. The lowest BCUT2D eigenvalue weighted by Crippen LogP contribution is -2.32. The molecule has 12 heavy (non-hydrogen) atoms. The second kappa shape index (κ2) is 7.67. The van der Waals surface area contributed by atoms with E-state index in [1.165, 1.54) is 0 Å². The summed E-state index contributed by atoms with van der Waals surface area (Å²) in [6, 6.07) is 0. The molecule has 2 atom stereocenters. The molecule has 4 nitrogen and oxygen atoms in total. The van der Waals surface area contributed by atoms with E-state index in [0.29, 0.717) is 25.4 Å². The van der Waals surface area contributed by atoms with Gasteiger partial charge in [0.05, 0.1) is 18.5 Å². The van der Waals surface area contributed by atoms with Crippen molar-refractivity contribution in [2.45, 2.75) is 6.10 Å². The van der Waals surface area contributed by atoms with Gasteiger partial charge in [-0.1, -0.05) is 0 Å². The van der Waals surface area contributed by atoms with Crippen LogP contribution < -0.4 is 5.32 Å². The van der Waals surface area contributed by atoms with E-state index in [0.717, 1.165) is 0 Å². The average molecular weight is 195 g/mol. The van der Waals surface area contributed by atoms with Gasteiger partial charge in [0.25, 0.3) is 0 Å². The molecule has 0 aromatic carbocycles. The first-order valence-corrected chi connectivity index (χ1v) is 5.57. The Kier molecular flexibility index (Phi) is 7.69. The first kappa shape index (κ1) is 12.0. The summed E-state index contributed by atoms with van der Waals surface area (Å²) in [7, 11) is 0.700. The Hall–Kier alpha value is 0.0300. The van der Waals surface area contributed by atoms with E-state index in [-0.39, 0.29) is 0 Å². The van der Waals surface area contributed by atoms with E-state index in [1.54, 1.807) is 13.4 Å². The molecule has 0 radical (unpaired) electrons. The van der Waals surface area contributed by atoms with Crippen LogP contribution in [0.1, 0.15) is 0 Å². The van der Waals surface area contributed by atoms with E-state index in [4.69, 9.17) is 4.74 Å². The van der Waals surface area contributed by atoms with Gasteiger partial charge in [0.15, 0.2) is 0 Å². The zero-order valence-corrected chi connectivity index (χ0v) is 8.39. The van der Waals surface area contributed by atoms with Crippen molar-refractivity contribution in [2.75, 3.05) is 38.8 Å². The summed E-state index contributed by atoms with van der Waals surface area (Å²) in [5.74, 6) is 0.333. The highest BCUT2D eigenvalue weighted by Crippen LogP contribution is 1.84. The van der Waals surface area contributed by atoms with Gasteiger partial charge in [-0.2, -0.15) is 0 Å². The Morgan fingerprint density at radius 2 is 2.33 bits per heavy atom. The molecule has 0 saturated carbocycles. The predicted octanol–water partition coefficient (Wildman–Crippen LogP) is -1.04. The van der Waals surface area contributed by atoms with Crippen LogP contribution in [0.25, 0.3) is 0 Å². The van der Waals surface area contributed by atoms with Gasteiger partial charge >= 0.3 is 0 Å². The number of rotatable bonds is 7. The van der Waals surface area contributed by atoms with Gasteiger partial charge in [-0.3, -0.25) is 4.21 Å². The fourth-order valence-electron chi connectivity index (χ4n) is 0.773. The Labute approximate surface area is 75.8 Å². The lowest BCUT2D eigenvalue weighted by Gasteiger charge is -2.09. The molecule has 2 N–H and O–H groups in total. The van der Waals surface area contributed by atoms with Crippen LogP contribution in [0.3, 0.4) is 0 Å². The summed E-state index contributed by atoms with van der Waals surface area (Å²) in [6.07, 6.45) is 1.06. The van der Waals surface area contributed by atoms with Crippen LogP contribution in [0.5, 0.6) is 0 Å². The summed E-state index contributed by atoms with van der Waals surface area (Å²) in [5.41, 5.74) is 0. The number of ether oxygens (including phenoxy) is 1. The third-order valence-electron chi connectivity index (χ3n) is 1.29. The fourth-order valence-corrected chi connectivity index (χ4v) is 1.43. The molecule has 0 aliphatic carbocycles. The Morgan fingerprint density at radius 1 is 1.67 bits per heavy atom. The van der Waals surface area contributed by atoms with Crippen molar-refractivity contribution in [1.29, 1.82) is 0 Å². The lowest BCUT2D eigenvalue weighted by molar-refractivity contribution is 0.174. The topological polar surface area (TPSA) is 58.6 Å². The second-order valence-corrected chi connectivity index (χ2v) is 4.07. The Balaban J connectivity index is 3.19. The fraction of sp³-hybridized carbons (Fsp3) is 1.00. The Bertz CT molecular complexity index is 132. The van der Waals surface area contributed by atoms with E-state index in [9.17, 15) is 9.32 Å². The maximum atomic E-state index is 10.6. The predicted molar refractivity (Wildman–Crippen MR) is 49.7 cm³/mol. The molecule has 0 aromatic rings. The van der Waals surface area contributed by atoms with Crippen LogP contribution in [-0.2, 0) is 15.5 Å². The van der Waals surface area contributed by atoms with Gasteiger partial charge in [-0.25, -0.2) is 0 Å². The molecule has 0 aliphatic heterocycles. The minimum atomic E-state index is -0.924. The summed E-state index contributed by atoms with van der Waals surface area (Å²) >= 11 is 0. The molecule has 2 unspecified atom stereocenters. The van der Waals surface area contributed by atoms with Gasteiger partial charge in [0.2, 0.25) is 0 Å². The molecule has 0 fully saturated rings. The molecule has 0 rings (SSSR count). The molecule has 0 aromatic heterocycles. The van der Waals surface area contributed by atoms with Crippen LogP contribution in [0.4, 0.5) is 0 Å². The van der Waals surface area contributed by atoms with E-state index >= 15 is 0 Å². The summed E-state index contributed by atoms with van der Waals surface area (Å²) in [5, 5.41) is 12.2. The molecule has 0 heterocycles. The molecule has 0 amide bonds. The third kappa shape index (κ3) is 8.13. The minimum absolute atomic E-state index is 0.333. The monoisotopic (exact) mass is 195 g/mol. The van der Waals surface area contributed by atoms with Crippen molar-refractivity contribution in [2.24, 2.45) is 0 Å². The SMILES string of the molecule is COCCNCC(O)CS(C)=O. The number of nitrogens with one attached hydrogen (secondary N) is 1. The molecule has 0 bridgehead atoms. The molecular weight excluding hydrogens is 178 g/mol. The summed E-state index contributed by atoms with van der Waals surface area (Å²) in [6.45, 7) is 1.81. The quantitative estimate of drug-likeness (QED) is 0.510. The van der Waals surface area contributed by atoms with E-state index in [1.807, 2.05) is 0 Å². The molecule has 0 aliphatic rings. The smallest absolute Gasteiger partial charge is 0.0779 e. The number of aliphatic hydroxyl groups is 1. The van der Waals surface area contributed by atoms with Crippen LogP contribution >= 0.6 is 0 Å². The summed E-state index contributed by atoms with van der Waals surface area (Å²) < 4.78 is 15.4. The van der Waals surface area contributed by atoms with Gasteiger partial charge < -0.3 is 15.2 Å². The van der Waals surface area contributed by atoms with Crippen molar-refractivity contribution in [3.8, 4) is 0 Å². The van der Waals surface area contributed by atoms with Gasteiger partial charge in [-0.15, -0.1) is 0 Å². The first-order valence-electron chi connectivity index (χ1n) is 3.84. The number of hydrogen-bond donors (Lipinski definition) is 2. The van der Waals surface area contributed by atoms with Crippen LogP contribution in [0, 0.1) is 0 Å². The largest absolute Gasteiger partial charge is 0.391 e. The van der Waals surface area contributed by atoms with Gasteiger partial charge in [-0.05, 0) is 0 Å². The van der Waals surface area contributed by atoms with Crippen LogP contribution in [0.15, 0.2) is 0 Å². The minimum Gasteiger partial charge on any atom is -0.391 e. The Morgan fingerprint density at radius 3 is 2.83 bits per heavy atom. The van der Waals surface area contributed by atoms with E-state index in [2.05, 4.69) is 5.32 Å². The third-order valence-corrected chi connectivity index (χ3v) is 2.14. The highest BCUT2D eigenvalue weighted by atomic mass is 32.2. The molecule has 0 spiro atoms. The zero-order chi connectivity index (χ0) is 9.40. The number of methoxy groups -OCH3 is 1. The van der Waals surface area contributed by atoms with Crippen molar-refractivity contribution >= 4 is 10.8 Å². The first-order chi connectivity index (χ1) is 5.66. The normalized spacial score (nSPS) is 15.9. The van der Waals surface area contributed by atoms with Gasteiger partial charge in [0, 0.05) is 37.3 Å². The van der Waals surface area contributed by atoms with Crippen molar-refractivity contribution in [3.63, 3.8) is 0 Å². The maximum absolute atomic E-state index is 10.6. The van der Waals surface area contributed by atoms with E-state index < -0.39 is 16.9 Å². The summed E-state index contributed by atoms with van der Waals surface area (Å²) in [4.78, 5) is 0. The molecule has 74 valence electrons. The standard InChI is InChI=1S/C7H17NO3S/c1-11-4-3-8-5-7(9)6-12(2)10/h7-9H,3-6H2,1-2H3. The van der Waals surface area contributed by atoms with Crippen molar-refractivity contribution in [3.05, 3.63) is 0 Å². The highest BCUT2D eigenvalue weighted by Gasteiger charge is 2.04. The zero-order valence-electron chi connectivity index (χ0n) is 7.58. The van der Waals surface area contributed by atoms with Crippen molar-refractivity contribution < 1.29 is 14.1 Å². The lowest BCUT2D eigenvalue weighted by atomic mass is 10.4. The molecule has 5 heteroatoms. The number of aliphatic hydroxyl groups excluding tert-OH is 1. The second-order valence-electron chi connectivity index (χ2n) is 2.59. The molecular formula is C7H17NO3S. The van der Waals surface area contributed by atoms with Crippen molar-refractivity contribution in [1.82, 2.24) is 5.32 Å².